The van der Waals surface area contributed by atoms with Gasteiger partial charge in [0.2, 0.25) is 0 Å². The van der Waals surface area contributed by atoms with Crippen LogP contribution in [0.1, 0.15) is 35.7 Å². The number of rotatable bonds is 9. The highest BCUT2D eigenvalue weighted by Crippen LogP contribution is 2.24. The van der Waals surface area contributed by atoms with Gasteiger partial charge in [-0.2, -0.15) is 0 Å². The summed E-state index contributed by atoms with van der Waals surface area (Å²) < 4.78 is 22.3. The summed E-state index contributed by atoms with van der Waals surface area (Å²) in [7, 11) is 1.62. The smallest absolute Gasteiger partial charge is 0.251 e. The molecule has 28 heavy (non-hydrogen) atoms. The monoisotopic (exact) mass is 385 g/mol. The van der Waals surface area contributed by atoms with Crippen molar-refractivity contribution in [1.29, 1.82) is 0 Å². The van der Waals surface area contributed by atoms with Gasteiger partial charge < -0.3 is 24.3 Å². The summed E-state index contributed by atoms with van der Waals surface area (Å²) in [5.74, 6) is 2.08. The van der Waals surface area contributed by atoms with Gasteiger partial charge in [0, 0.05) is 24.3 Å². The average molecular weight is 385 g/mol. The van der Waals surface area contributed by atoms with E-state index in [1.807, 2.05) is 43.3 Å². The molecule has 0 radical (unpaired) electrons. The van der Waals surface area contributed by atoms with Crippen LogP contribution in [0.15, 0.2) is 42.5 Å². The molecule has 1 N–H and O–H groups in total. The lowest BCUT2D eigenvalue weighted by Crippen LogP contribution is -2.31. The molecule has 1 saturated heterocycles. The first-order valence-corrected chi connectivity index (χ1v) is 9.62. The van der Waals surface area contributed by atoms with Gasteiger partial charge >= 0.3 is 0 Å². The van der Waals surface area contributed by atoms with E-state index < -0.39 is 0 Å². The quantitative estimate of drug-likeness (QED) is 0.715. The molecule has 3 rings (SSSR count). The standard InChI is InChI=1S/C22H27NO5/c1-3-26-21-11-6-16(22(24)23-14-20-5-4-12-27-20)13-17(21)15-28-19-9-7-18(25-2)8-10-19/h6-11,13,20H,3-5,12,14-15H2,1-2H3,(H,23,24)/t20-/m0/s1. The third kappa shape index (κ3) is 5.39. The molecule has 0 saturated carbocycles. The molecule has 0 spiro atoms. The van der Waals surface area contributed by atoms with Crippen LogP contribution in [0.3, 0.4) is 0 Å². The van der Waals surface area contributed by atoms with Gasteiger partial charge in [0.05, 0.1) is 19.8 Å². The second-order valence-corrected chi connectivity index (χ2v) is 6.56. The maximum Gasteiger partial charge on any atom is 0.251 e. The second-order valence-electron chi connectivity index (χ2n) is 6.56. The van der Waals surface area contributed by atoms with Gasteiger partial charge in [-0.25, -0.2) is 0 Å². The zero-order valence-electron chi connectivity index (χ0n) is 16.4. The molecular formula is C22H27NO5. The number of benzene rings is 2. The van der Waals surface area contributed by atoms with Crippen molar-refractivity contribution in [2.75, 3.05) is 26.9 Å². The molecule has 6 heteroatoms. The van der Waals surface area contributed by atoms with Gasteiger partial charge in [-0.05, 0) is 62.2 Å². The summed E-state index contributed by atoms with van der Waals surface area (Å²) in [4.78, 5) is 12.5. The number of hydrogen-bond acceptors (Lipinski definition) is 5. The first kappa shape index (κ1) is 20.0. The normalized spacial score (nSPS) is 15.9. The summed E-state index contributed by atoms with van der Waals surface area (Å²) in [6, 6.07) is 12.8. The minimum Gasteiger partial charge on any atom is -0.497 e. The van der Waals surface area contributed by atoms with Crippen LogP contribution < -0.4 is 19.5 Å². The number of amides is 1. The molecule has 6 nitrogen and oxygen atoms in total. The van der Waals surface area contributed by atoms with Gasteiger partial charge in [0.25, 0.3) is 5.91 Å². The van der Waals surface area contributed by atoms with E-state index in [-0.39, 0.29) is 12.0 Å². The number of ether oxygens (including phenoxy) is 4. The van der Waals surface area contributed by atoms with Crippen LogP contribution in [0.25, 0.3) is 0 Å². The van der Waals surface area contributed by atoms with Crippen LogP contribution in [0.4, 0.5) is 0 Å². The Kier molecular flexibility index (Phi) is 7.14. The van der Waals surface area contributed by atoms with E-state index in [9.17, 15) is 4.79 Å². The third-order valence-corrected chi connectivity index (χ3v) is 4.59. The summed E-state index contributed by atoms with van der Waals surface area (Å²) in [5, 5.41) is 2.95. The Morgan fingerprint density at radius 2 is 1.93 bits per heavy atom. The molecule has 0 aliphatic carbocycles. The maximum absolute atomic E-state index is 12.5. The second kappa shape index (κ2) is 9.99. The highest BCUT2D eigenvalue weighted by atomic mass is 16.5. The van der Waals surface area contributed by atoms with E-state index in [2.05, 4.69) is 5.32 Å². The van der Waals surface area contributed by atoms with Crippen molar-refractivity contribution in [2.24, 2.45) is 0 Å². The SMILES string of the molecule is CCOc1ccc(C(=O)NC[C@@H]2CCCO2)cc1COc1ccc(OC)cc1. The Morgan fingerprint density at radius 3 is 2.61 bits per heavy atom. The van der Waals surface area contributed by atoms with E-state index in [0.717, 1.165) is 36.5 Å². The lowest BCUT2D eigenvalue weighted by Gasteiger charge is -2.14. The Bertz CT molecular complexity index is 769. The van der Waals surface area contributed by atoms with Crippen LogP contribution in [0.5, 0.6) is 17.2 Å². The maximum atomic E-state index is 12.5. The fourth-order valence-corrected chi connectivity index (χ4v) is 3.08. The number of hydrogen-bond donors (Lipinski definition) is 1. The fourth-order valence-electron chi connectivity index (χ4n) is 3.08. The Hall–Kier alpha value is -2.73. The van der Waals surface area contributed by atoms with Crippen molar-refractivity contribution in [3.63, 3.8) is 0 Å². The summed E-state index contributed by atoms with van der Waals surface area (Å²) in [6.45, 7) is 4.07. The van der Waals surface area contributed by atoms with Crippen molar-refractivity contribution in [1.82, 2.24) is 5.32 Å². The van der Waals surface area contributed by atoms with Gasteiger partial charge in [0.1, 0.15) is 23.9 Å². The first-order chi connectivity index (χ1) is 13.7. The Morgan fingerprint density at radius 1 is 1.14 bits per heavy atom. The molecule has 0 bridgehead atoms. The van der Waals surface area contributed by atoms with Gasteiger partial charge in [-0.3, -0.25) is 4.79 Å². The van der Waals surface area contributed by atoms with Gasteiger partial charge in [-0.1, -0.05) is 0 Å². The summed E-state index contributed by atoms with van der Waals surface area (Å²) in [6.07, 6.45) is 2.16. The van der Waals surface area contributed by atoms with Crippen molar-refractivity contribution in [3.05, 3.63) is 53.6 Å². The number of carbonyl (C=O) groups excluding carboxylic acids is 1. The predicted molar refractivity (Wildman–Crippen MR) is 106 cm³/mol. The molecule has 1 heterocycles. The average Bonchev–Trinajstić information content (AvgIpc) is 3.25. The molecule has 1 aliphatic heterocycles. The van der Waals surface area contributed by atoms with E-state index in [1.54, 1.807) is 13.2 Å². The highest BCUT2D eigenvalue weighted by molar-refractivity contribution is 5.94. The van der Waals surface area contributed by atoms with Crippen molar-refractivity contribution in [3.8, 4) is 17.2 Å². The number of carbonyl (C=O) groups is 1. The molecule has 2 aromatic rings. The zero-order chi connectivity index (χ0) is 19.8. The largest absolute Gasteiger partial charge is 0.497 e. The lowest BCUT2D eigenvalue weighted by molar-refractivity contribution is 0.0857. The molecule has 150 valence electrons. The van der Waals surface area contributed by atoms with E-state index in [4.69, 9.17) is 18.9 Å². The number of nitrogens with one attached hydrogen (secondary N) is 1. The minimum absolute atomic E-state index is 0.115. The predicted octanol–water partition coefficient (Wildman–Crippen LogP) is 3.58. The molecule has 1 atom stereocenters. The molecule has 1 amide bonds. The van der Waals surface area contributed by atoms with Crippen LogP contribution >= 0.6 is 0 Å². The van der Waals surface area contributed by atoms with Crippen LogP contribution in [0.2, 0.25) is 0 Å². The van der Waals surface area contributed by atoms with Gasteiger partial charge in [-0.15, -0.1) is 0 Å². The molecular weight excluding hydrogens is 358 g/mol. The molecule has 1 aliphatic rings. The number of methoxy groups -OCH3 is 1. The molecule has 0 aromatic heterocycles. The first-order valence-electron chi connectivity index (χ1n) is 9.62. The van der Waals surface area contributed by atoms with E-state index in [1.165, 1.54) is 0 Å². The summed E-state index contributed by atoms with van der Waals surface area (Å²) >= 11 is 0. The topological polar surface area (TPSA) is 66.0 Å². The molecule has 2 aromatic carbocycles. The van der Waals surface area contributed by atoms with Crippen molar-refractivity contribution >= 4 is 5.91 Å². The zero-order valence-corrected chi connectivity index (χ0v) is 16.4. The minimum atomic E-state index is -0.121. The van der Waals surface area contributed by atoms with Gasteiger partial charge in [0.15, 0.2) is 0 Å². The summed E-state index contributed by atoms with van der Waals surface area (Å²) in [5.41, 5.74) is 1.40. The van der Waals surface area contributed by atoms with E-state index in [0.29, 0.717) is 31.1 Å². The highest BCUT2D eigenvalue weighted by Gasteiger charge is 2.17. The van der Waals surface area contributed by atoms with E-state index >= 15 is 0 Å². The van der Waals surface area contributed by atoms with Crippen molar-refractivity contribution < 1.29 is 23.7 Å². The van der Waals surface area contributed by atoms with Crippen molar-refractivity contribution in [2.45, 2.75) is 32.5 Å². The Balaban J connectivity index is 1.66. The Labute approximate surface area is 165 Å². The lowest BCUT2D eigenvalue weighted by atomic mass is 10.1. The van der Waals surface area contributed by atoms with Crippen LogP contribution in [-0.2, 0) is 11.3 Å². The molecule has 0 unspecified atom stereocenters. The van der Waals surface area contributed by atoms with Crippen LogP contribution in [-0.4, -0.2) is 38.9 Å². The van der Waals surface area contributed by atoms with Crippen LogP contribution in [0, 0.1) is 0 Å². The fraction of sp³-hybridized carbons (Fsp3) is 0.409. The third-order valence-electron chi connectivity index (χ3n) is 4.59. The molecule has 1 fully saturated rings.